The molecule has 16 bridgehead atoms. The molecule has 0 aliphatic heterocycles. The van der Waals surface area contributed by atoms with Crippen LogP contribution in [0.5, 0.6) is 0 Å². The third-order valence-corrected chi connectivity index (χ3v) is 33.8. The summed E-state index contributed by atoms with van der Waals surface area (Å²) in [7, 11) is -24.4. The molecule has 0 aromatic carbocycles. The predicted octanol–water partition coefficient (Wildman–Crippen LogP) is 8.49. The molecule has 17 aliphatic carbocycles. The van der Waals surface area contributed by atoms with Crippen molar-refractivity contribution in [3.63, 3.8) is 0 Å². The molecule has 19 unspecified atom stereocenters. The van der Waals surface area contributed by atoms with E-state index >= 15 is 0 Å². The minimum absolute atomic E-state index is 0.0248. The van der Waals surface area contributed by atoms with Crippen LogP contribution in [-0.4, -0.2) is 116 Å². The van der Waals surface area contributed by atoms with E-state index in [0.29, 0.717) is 106 Å². The van der Waals surface area contributed by atoms with Gasteiger partial charge in [0.2, 0.25) is 0 Å². The fourth-order valence-electron chi connectivity index (χ4n) is 24.3. The maximum absolute atomic E-state index is 11.8. The van der Waals surface area contributed by atoms with Gasteiger partial charge in [-0.2, -0.15) is 0 Å². The van der Waals surface area contributed by atoms with Crippen LogP contribution in [0.15, 0.2) is 0 Å². The lowest BCUT2D eigenvalue weighted by Gasteiger charge is -2.57. The molecule has 0 saturated heterocycles. The van der Waals surface area contributed by atoms with Gasteiger partial charge in [0, 0.05) is 28.6 Å². The van der Waals surface area contributed by atoms with Gasteiger partial charge in [-0.05, 0) is 284 Å². The summed E-state index contributed by atoms with van der Waals surface area (Å²) >= 11 is 0. The van der Waals surface area contributed by atoms with Crippen LogP contribution in [0.3, 0.4) is 0 Å². The second-order valence-electron chi connectivity index (χ2n) is 31.8. The molecule has 0 spiro atoms. The summed E-state index contributed by atoms with van der Waals surface area (Å²) < 4.78 is 195. The van der Waals surface area contributed by atoms with Crippen molar-refractivity contribution in [2.75, 3.05) is 17.3 Å². The summed E-state index contributed by atoms with van der Waals surface area (Å²) in [6, 6.07) is 0. The van der Waals surface area contributed by atoms with Crippen LogP contribution < -0.4 is 0 Å². The average molecular weight is 1320 g/mol. The molecule has 17 saturated carbocycles. The normalized spacial score (nSPS) is 45.4. The highest BCUT2D eigenvalue weighted by Crippen LogP contribution is 2.70. The molecule has 0 aromatic heterocycles. The molecule has 17 rings (SSSR count). The summed E-state index contributed by atoms with van der Waals surface area (Å²) in [5.74, 6) is 13.0. The first-order valence-electron chi connectivity index (χ1n) is 33.1. The Labute approximate surface area is 514 Å². The molecule has 19 nitrogen and oxygen atoms in total. The van der Waals surface area contributed by atoms with Gasteiger partial charge in [0.25, 0.3) is 0 Å². The topological polar surface area (TPSA) is 360 Å². The van der Waals surface area contributed by atoms with E-state index < -0.39 is 87.1 Å². The third-order valence-electron chi connectivity index (χ3n) is 27.3. The summed E-state index contributed by atoms with van der Waals surface area (Å²) in [5, 5.41) is -1.11. The van der Waals surface area contributed by atoms with Gasteiger partial charge < -0.3 is 27.3 Å². The van der Waals surface area contributed by atoms with Crippen LogP contribution in [-0.2, 0) is 65.5 Å². The zero-order chi connectivity index (χ0) is 62.1. The molecule has 0 heterocycles. The standard InChI is InChI=1S/C14H22O3S.C12H18O3S.C10H16O4S.C10H16O3S.C9H16O3S.C6H12O3S/c15-18(16,17)4-3-8-5-11-7-12(8)14-10-2-1-9(6-10)13(11)14;13-16(14,15)10-5-8-4-9(10)12-7-2-1-6(3-7)11(8)12;1-9(2)7-3-4-10(9,8(11)5-7)6-15(12,13)14;11-14(12,13)10-4-7-1-8(5-10)3-9(2-7)6-10;10-13(11,12)4-3-9-6-7-1-2-8(9)5-7;7-10(8,9)6-4-2-1-3-5-6/h8-14H,1-7H2,(H,15,16,17);6-12H,1-5H2,(H,13,14,15);7H,3-6H2,1-2H3,(H,12,13,14);7-9H,1-6H2,(H,11,12,13);7-9H,1-6H2,(H,10,11,12);6H,1-5H2,(H,7,8,9)/p-6. The number of rotatable bonds is 11. The van der Waals surface area contributed by atoms with Crippen molar-refractivity contribution >= 4 is 66.5 Å². The minimum Gasteiger partial charge on any atom is -0.748 e. The Kier molecular flexibility index (Phi) is 18.7. The number of hydrogen-bond donors (Lipinski definition) is 0. The number of Topliss-reactive ketones (excluding diaryl/α,β-unsaturated/α-hetero) is 1. The minimum atomic E-state index is -4.33. The fourth-order valence-corrected chi connectivity index (χ4v) is 30.2. The maximum atomic E-state index is 11.8. The zero-order valence-corrected chi connectivity index (χ0v) is 55.1. The molecule has 0 amide bonds. The molecule has 0 aromatic rings. The van der Waals surface area contributed by atoms with E-state index in [4.69, 9.17) is 0 Å². The van der Waals surface area contributed by atoms with Crippen molar-refractivity contribution < 1.29 is 82.6 Å². The smallest absolute Gasteiger partial charge is 0.140 e. The first kappa shape index (κ1) is 66.6. The molecule has 86 heavy (non-hydrogen) atoms. The SMILES string of the molecule is CC1(C)C2CCC1(CS(=O)(=O)[O-])C(=O)C2.O=S(=O)([O-])C12CC3CC(CC(C3)C1)C2.O=S(=O)([O-])C1CC2CC1C1C3CCC(C3)C21.O=S(=O)([O-])C1CCCCC1.O=S(=O)([O-])CCC1CC2CC1C1C3CCC(C3)C21.O=S(=O)([O-])CCC1CC2CCC1C2. The van der Waals surface area contributed by atoms with Gasteiger partial charge in [0.05, 0.1) is 66.3 Å². The summed E-state index contributed by atoms with van der Waals surface area (Å²) in [4.78, 5) is 11.8. The second-order valence-corrected chi connectivity index (χ2v) is 41.2. The van der Waals surface area contributed by atoms with Crippen molar-refractivity contribution in [2.45, 2.75) is 222 Å². The highest BCUT2D eigenvalue weighted by molar-refractivity contribution is 7.87. The Balaban J connectivity index is 0.000000108. The highest BCUT2D eigenvalue weighted by atomic mass is 32.2. The summed E-state index contributed by atoms with van der Waals surface area (Å²) in [6.45, 7) is 3.83. The molecule has 17 fully saturated rings. The molecule has 25 heteroatoms. The maximum Gasteiger partial charge on any atom is 0.140 e. The Morgan fingerprint density at radius 2 is 0.919 bits per heavy atom. The van der Waals surface area contributed by atoms with Crippen LogP contribution in [0, 0.1) is 129 Å². The van der Waals surface area contributed by atoms with Crippen molar-refractivity contribution in [1.82, 2.24) is 0 Å². The van der Waals surface area contributed by atoms with E-state index in [-0.39, 0.29) is 34.5 Å². The Hall–Kier alpha value is -0.870. The number of carbonyl (C=O) groups is 1. The van der Waals surface area contributed by atoms with Gasteiger partial charge in [-0.15, -0.1) is 0 Å². The monoisotopic (exact) mass is 1320 g/mol. The molecule has 0 N–H and O–H groups in total. The van der Waals surface area contributed by atoms with Gasteiger partial charge in [0.1, 0.15) is 15.9 Å². The van der Waals surface area contributed by atoms with E-state index in [0.717, 1.165) is 97.2 Å². The quantitative estimate of drug-likeness (QED) is 0.138. The lowest BCUT2D eigenvalue weighted by atomic mass is 9.56. The third kappa shape index (κ3) is 13.6. The van der Waals surface area contributed by atoms with E-state index in [1.165, 1.54) is 96.3 Å². The molecule has 17 aliphatic rings. The fraction of sp³-hybridized carbons (Fsp3) is 0.984. The van der Waals surface area contributed by atoms with Crippen LogP contribution in [0.4, 0.5) is 0 Å². The van der Waals surface area contributed by atoms with Crippen LogP contribution in [0.2, 0.25) is 0 Å². The van der Waals surface area contributed by atoms with Crippen molar-refractivity contribution in [2.24, 2.45) is 129 Å². The molecule has 19 atom stereocenters. The van der Waals surface area contributed by atoms with Crippen LogP contribution in [0.1, 0.15) is 206 Å². The Morgan fingerprint density at radius 1 is 0.430 bits per heavy atom. The predicted molar refractivity (Wildman–Crippen MR) is 313 cm³/mol. The van der Waals surface area contributed by atoms with E-state index in [1.54, 1.807) is 0 Å². The Morgan fingerprint density at radius 3 is 1.34 bits per heavy atom. The van der Waals surface area contributed by atoms with E-state index in [9.17, 15) is 82.6 Å². The van der Waals surface area contributed by atoms with E-state index in [2.05, 4.69) is 0 Å². The zero-order valence-electron chi connectivity index (χ0n) is 50.2. The number of ketones is 1. The van der Waals surface area contributed by atoms with Gasteiger partial charge in [-0.1, -0.05) is 39.5 Å². The average Bonchev–Trinajstić information content (AvgIpc) is 1.47. The molecule has 0 radical (unpaired) electrons. The molecular formula is C61H94O19S6-6. The van der Waals surface area contributed by atoms with E-state index in [1.807, 2.05) is 13.8 Å². The summed E-state index contributed by atoms with van der Waals surface area (Å²) in [6.07, 6.45) is 30.2. The number of carbonyl (C=O) groups excluding carboxylic acids is 1. The van der Waals surface area contributed by atoms with Crippen LogP contribution >= 0.6 is 0 Å². The highest BCUT2D eigenvalue weighted by Gasteiger charge is 2.66. The molecular weight excluding hydrogens is 1230 g/mol. The lowest BCUT2D eigenvalue weighted by Crippen LogP contribution is -2.54. The van der Waals surface area contributed by atoms with Crippen molar-refractivity contribution in [3.8, 4) is 0 Å². The van der Waals surface area contributed by atoms with Crippen LogP contribution in [0.25, 0.3) is 0 Å². The van der Waals surface area contributed by atoms with Gasteiger partial charge in [0.15, 0.2) is 0 Å². The summed E-state index contributed by atoms with van der Waals surface area (Å²) in [5.41, 5.74) is -1.22. The lowest BCUT2D eigenvalue weighted by molar-refractivity contribution is -0.128. The largest absolute Gasteiger partial charge is 0.748 e. The van der Waals surface area contributed by atoms with Gasteiger partial charge in [-0.3, -0.25) is 4.79 Å². The molecule has 494 valence electrons. The first-order valence-corrected chi connectivity index (χ1v) is 42.2. The van der Waals surface area contributed by atoms with Gasteiger partial charge in [-0.25, -0.2) is 50.5 Å². The number of hydrogen-bond acceptors (Lipinski definition) is 19. The first-order chi connectivity index (χ1) is 39.9. The Bertz CT molecular complexity index is 3180. The van der Waals surface area contributed by atoms with Gasteiger partial charge >= 0.3 is 0 Å². The number of fused-ring (bicyclic) bond motifs is 22. The van der Waals surface area contributed by atoms with Crippen molar-refractivity contribution in [1.29, 1.82) is 0 Å². The van der Waals surface area contributed by atoms with Crippen molar-refractivity contribution in [3.05, 3.63) is 0 Å². The second kappa shape index (κ2) is 24.2.